The van der Waals surface area contributed by atoms with E-state index >= 15 is 0 Å². The average Bonchev–Trinajstić information content (AvgIpc) is 2.47. The Kier molecular flexibility index (Phi) is 7.28. The summed E-state index contributed by atoms with van der Waals surface area (Å²) in [5.74, 6) is -3.10. The molecule has 0 radical (unpaired) electrons. The number of halogens is 2. The van der Waals surface area contributed by atoms with E-state index in [2.05, 4.69) is 15.4 Å². The van der Waals surface area contributed by atoms with Crippen molar-refractivity contribution in [1.29, 1.82) is 0 Å². The van der Waals surface area contributed by atoms with Gasteiger partial charge >= 0.3 is 12.1 Å². The van der Waals surface area contributed by atoms with Crippen LogP contribution in [-0.4, -0.2) is 36.7 Å². The number of benzene rings is 1. The van der Waals surface area contributed by atoms with E-state index in [1.54, 1.807) is 20.8 Å². The van der Waals surface area contributed by atoms with Gasteiger partial charge in [0.15, 0.2) is 6.61 Å². The van der Waals surface area contributed by atoms with Crippen molar-refractivity contribution in [3.63, 3.8) is 0 Å². The second kappa shape index (κ2) is 8.95. The number of nitrogens with one attached hydrogen (secondary N) is 2. The molecule has 1 rings (SSSR count). The van der Waals surface area contributed by atoms with Gasteiger partial charge in [-0.15, -0.1) is 0 Å². The van der Waals surface area contributed by atoms with E-state index in [1.165, 1.54) is 0 Å². The molecule has 0 saturated heterocycles. The highest BCUT2D eigenvalue weighted by atomic mass is 19.1. The van der Waals surface area contributed by atoms with Crippen molar-refractivity contribution in [2.45, 2.75) is 32.8 Å². The Labute approximate surface area is 143 Å². The Balaban J connectivity index is 2.28. The van der Waals surface area contributed by atoms with Crippen LogP contribution in [0.15, 0.2) is 18.2 Å². The van der Waals surface area contributed by atoms with Gasteiger partial charge in [0.1, 0.15) is 17.2 Å². The van der Waals surface area contributed by atoms with Crippen LogP contribution in [0.25, 0.3) is 0 Å². The molecule has 0 heterocycles. The first-order chi connectivity index (χ1) is 11.6. The van der Waals surface area contributed by atoms with Gasteiger partial charge < -0.3 is 20.1 Å². The minimum absolute atomic E-state index is 0.0338. The Hall–Kier alpha value is -2.71. The van der Waals surface area contributed by atoms with Crippen molar-refractivity contribution in [2.24, 2.45) is 0 Å². The van der Waals surface area contributed by atoms with Gasteiger partial charge in [0.2, 0.25) is 0 Å². The van der Waals surface area contributed by atoms with E-state index in [1.807, 2.05) is 0 Å². The lowest BCUT2D eigenvalue weighted by Crippen LogP contribution is -2.34. The SMILES string of the molecule is CC(C)(C)OC(=O)NCCC(=O)OCC(=O)Nc1cc(F)ccc1F. The van der Waals surface area contributed by atoms with Crippen LogP contribution < -0.4 is 10.6 Å². The monoisotopic (exact) mass is 358 g/mol. The van der Waals surface area contributed by atoms with E-state index in [-0.39, 0.29) is 18.7 Å². The van der Waals surface area contributed by atoms with Crippen LogP contribution in [-0.2, 0) is 19.1 Å². The molecule has 0 saturated carbocycles. The number of ether oxygens (including phenoxy) is 2. The van der Waals surface area contributed by atoms with Crippen molar-refractivity contribution in [3.8, 4) is 0 Å². The topological polar surface area (TPSA) is 93.7 Å². The van der Waals surface area contributed by atoms with Gasteiger partial charge in [-0.25, -0.2) is 13.6 Å². The molecule has 0 atom stereocenters. The number of amides is 2. The lowest BCUT2D eigenvalue weighted by molar-refractivity contribution is -0.147. The summed E-state index contributed by atoms with van der Waals surface area (Å²) in [5, 5.41) is 4.44. The minimum atomic E-state index is -0.821. The van der Waals surface area contributed by atoms with E-state index in [9.17, 15) is 23.2 Å². The van der Waals surface area contributed by atoms with Gasteiger partial charge in [-0.2, -0.15) is 0 Å². The van der Waals surface area contributed by atoms with Gasteiger partial charge in [-0.05, 0) is 32.9 Å². The van der Waals surface area contributed by atoms with Gasteiger partial charge in [0.25, 0.3) is 5.91 Å². The third-order valence-corrected chi connectivity index (χ3v) is 2.56. The fourth-order valence-corrected chi connectivity index (χ4v) is 1.58. The molecule has 0 unspecified atom stereocenters. The number of alkyl carbamates (subject to hydrolysis) is 1. The number of anilines is 1. The molecule has 0 aromatic heterocycles. The summed E-state index contributed by atoms with van der Waals surface area (Å²) in [4.78, 5) is 34.4. The maximum atomic E-state index is 13.3. The van der Waals surface area contributed by atoms with Crippen LogP contribution in [0.2, 0.25) is 0 Å². The van der Waals surface area contributed by atoms with Crippen LogP contribution in [0.3, 0.4) is 0 Å². The predicted octanol–water partition coefficient (Wildman–Crippen LogP) is 2.36. The molecule has 0 bridgehead atoms. The summed E-state index contributed by atoms with van der Waals surface area (Å²) in [7, 11) is 0. The first-order valence-electron chi connectivity index (χ1n) is 7.44. The molecule has 7 nitrogen and oxygen atoms in total. The summed E-state index contributed by atoms with van der Waals surface area (Å²) in [6.07, 6.45) is -0.861. The molecular formula is C16H20F2N2O5. The molecule has 0 aliphatic rings. The summed E-state index contributed by atoms with van der Waals surface area (Å²) in [6, 6.07) is 2.57. The van der Waals surface area contributed by atoms with Gasteiger partial charge in [0, 0.05) is 12.6 Å². The van der Waals surface area contributed by atoms with Crippen LogP contribution in [0, 0.1) is 11.6 Å². The van der Waals surface area contributed by atoms with Crippen molar-refractivity contribution in [1.82, 2.24) is 5.32 Å². The summed E-state index contributed by atoms with van der Waals surface area (Å²) in [5.41, 5.74) is -1.01. The fourth-order valence-electron chi connectivity index (χ4n) is 1.58. The Morgan fingerprint density at radius 2 is 1.84 bits per heavy atom. The number of hydrogen-bond acceptors (Lipinski definition) is 5. The quantitative estimate of drug-likeness (QED) is 0.762. The van der Waals surface area contributed by atoms with Crippen LogP contribution in [0.4, 0.5) is 19.3 Å². The van der Waals surface area contributed by atoms with Crippen LogP contribution in [0.5, 0.6) is 0 Å². The van der Waals surface area contributed by atoms with Crippen LogP contribution >= 0.6 is 0 Å². The van der Waals surface area contributed by atoms with Crippen LogP contribution in [0.1, 0.15) is 27.2 Å². The maximum Gasteiger partial charge on any atom is 0.407 e. The Morgan fingerprint density at radius 3 is 2.48 bits per heavy atom. The van der Waals surface area contributed by atoms with E-state index in [0.717, 1.165) is 18.2 Å². The molecular weight excluding hydrogens is 338 g/mol. The van der Waals surface area contributed by atoms with Crippen molar-refractivity contribution in [2.75, 3.05) is 18.5 Å². The fraction of sp³-hybridized carbons (Fsp3) is 0.438. The molecule has 25 heavy (non-hydrogen) atoms. The summed E-state index contributed by atoms with van der Waals surface area (Å²) < 4.78 is 36.0. The zero-order valence-corrected chi connectivity index (χ0v) is 14.2. The molecule has 1 aromatic rings. The number of esters is 1. The standard InChI is InChI=1S/C16H20F2N2O5/c1-16(2,3)25-15(23)19-7-6-14(22)24-9-13(21)20-12-8-10(17)4-5-11(12)18/h4-5,8H,6-7,9H2,1-3H3,(H,19,23)(H,20,21). The highest BCUT2D eigenvalue weighted by Crippen LogP contribution is 2.15. The molecule has 2 N–H and O–H groups in total. The normalized spacial score (nSPS) is 10.8. The number of carbonyl (C=O) groups is 3. The molecule has 0 aliphatic carbocycles. The van der Waals surface area contributed by atoms with Gasteiger partial charge in [-0.3, -0.25) is 9.59 Å². The largest absolute Gasteiger partial charge is 0.456 e. The zero-order valence-electron chi connectivity index (χ0n) is 14.2. The lowest BCUT2D eigenvalue weighted by Gasteiger charge is -2.19. The smallest absolute Gasteiger partial charge is 0.407 e. The first-order valence-corrected chi connectivity index (χ1v) is 7.44. The predicted molar refractivity (Wildman–Crippen MR) is 84.8 cm³/mol. The highest BCUT2D eigenvalue weighted by Gasteiger charge is 2.16. The lowest BCUT2D eigenvalue weighted by atomic mass is 10.2. The molecule has 0 aliphatic heterocycles. The first kappa shape index (κ1) is 20.3. The zero-order chi connectivity index (χ0) is 19.0. The molecule has 138 valence electrons. The van der Waals surface area contributed by atoms with Gasteiger partial charge in [0.05, 0.1) is 12.1 Å². The molecule has 0 spiro atoms. The van der Waals surface area contributed by atoms with Gasteiger partial charge in [-0.1, -0.05) is 0 Å². The molecule has 9 heteroatoms. The number of carbonyl (C=O) groups excluding carboxylic acids is 3. The molecule has 2 amide bonds. The summed E-state index contributed by atoms with van der Waals surface area (Å²) in [6.45, 7) is 4.39. The van der Waals surface area contributed by atoms with Crippen molar-refractivity contribution in [3.05, 3.63) is 29.8 Å². The van der Waals surface area contributed by atoms with E-state index in [4.69, 9.17) is 4.74 Å². The minimum Gasteiger partial charge on any atom is -0.456 e. The summed E-state index contributed by atoms with van der Waals surface area (Å²) >= 11 is 0. The maximum absolute atomic E-state index is 13.3. The van der Waals surface area contributed by atoms with Crippen molar-refractivity contribution < 1.29 is 32.6 Å². The van der Waals surface area contributed by atoms with Crippen molar-refractivity contribution >= 4 is 23.7 Å². The third-order valence-electron chi connectivity index (χ3n) is 2.56. The molecule has 1 aromatic carbocycles. The van der Waals surface area contributed by atoms with E-state index < -0.39 is 41.8 Å². The number of hydrogen-bond donors (Lipinski definition) is 2. The second-order valence-electron chi connectivity index (χ2n) is 6.01. The highest BCUT2D eigenvalue weighted by molar-refractivity contribution is 5.92. The average molecular weight is 358 g/mol. The Bertz CT molecular complexity index is 644. The second-order valence-corrected chi connectivity index (χ2v) is 6.01. The molecule has 0 fully saturated rings. The Morgan fingerprint density at radius 1 is 1.16 bits per heavy atom. The third kappa shape index (κ3) is 8.63. The van der Waals surface area contributed by atoms with E-state index in [0.29, 0.717) is 0 Å². The number of rotatable bonds is 6.